The van der Waals surface area contributed by atoms with Crippen molar-refractivity contribution in [1.82, 2.24) is 44.3 Å². The van der Waals surface area contributed by atoms with Crippen molar-refractivity contribution in [3.05, 3.63) is 188 Å². The van der Waals surface area contributed by atoms with Crippen LogP contribution in [0.3, 0.4) is 0 Å². The molecule has 14 nitrogen and oxygen atoms in total. The molecule has 1 aliphatic heterocycles. The standard InChI is InChI=1S/C15H13N3O.C14H11N3O.C11H16BNO2.C10H9BrN2O/c1-19-15-4-2-3-14(9-15)18-11-13(10-17-18)12-5-7-16-8-6-12;18-14-5-1-4-13(7-14)17-10-12(9-16-17)11-3-2-6-15-8-11;1-10(2)11(3,4)15-12(14-10)9-5-7-13-8-6-9;1-14-10-4-2-3-9(5-10)13-7-8(11)6-12-13/h2-11H,1H3;1-10,18H;5-8H,1-4H3;2-7H,1H3. The Morgan fingerprint density at radius 3 is 1.52 bits per heavy atom. The zero-order chi connectivity index (χ0) is 46.5. The molecule has 0 radical (unpaired) electrons. The van der Waals surface area contributed by atoms with Gasteiger partial charge < -0.3 is 23.9 Å². The average molecular weight is 947 g/mol. The second-order valence-electron chi connectivity index (χ2n) is 15.7. The summed E-state index contributed by atoms with van der Waals surface area (Å²) in [6, 6.07) is 34.2. The second-order valence-corrected chi connectivity index (χ2v) is 16.6. The van der Waals surface area contributed by atoms with Gasteiger partial charge in [-0.05, 0) is 121 Å². The maximum absolute atomic E-state index is 9.45. The molecule has 0 spiro atoms. The number of phenols is 1. The molecule has 0 bridgehead atoms. The summed E-state index contributed by atoms with van der Waals surface area (Å²) >= 11 is 3.35. The predicted molar refractivity (Wildman–Crippen MR) is 260 cm³/mol. The quantitative estimate of drug-likeness (QED) is 0.145. The molecule has 10 rings (SSSR count). The van der Waals surface area contributed by atoms with Crippen LogP contribution in [0, 0.1) is 0 Å². The molecule has 0 amide bonds. The van der Waals surface area contributed by atoms with Crippen LogP contribution in [0.4, 0.5) is 0 Å². The monoisotopic (exact) mass is 945 g/mol. The minimum atomic E-state index is -0.280. The number of hydrogen-bond acceptors (Lipinski definition) is 11. The van der Waals surface area contributed by atoms with Gasteiger partial charge in [0.05, 0.1) is 65.5 Å². The van der Waals surface area contributed by atoms with Crippen molar-refractivity contribution in [3.8, 4) is 56.6 Å². The zero-order valence-corrected chi connectivity index (χ0v) is 39.0. The molecular weight excluding hydrogens is 897 g/mol. The lowest BCUT2D eigenvalue weighted by Crippen LogP contribution is -2.41. The third-order valence-corrected chi connectivity index (χ3v) is 11.1. The van der Waals surface area contributed by atoms with Crippen LogP contribution in [-0.4, -0.2) is 81.9 Å². The first-order valence-electron chi connectivity index (χ1n) is 20.9. The number of methoxy groups -OCH3 is 2. The number of rotatable bonds is 8. The van der Waals surface area contributed by atoms with Gasteiger partial charge in [0, 0.05) is 90.7 Å². The van der Waals surface area contributed by atoms with Crippen molar-refractivity contribution in [1.29, 1.82) is 0 Å². The molecule has 16 heteroatoms. The van der Waals surface area contributed by atoms with E-state index in [0.717, 1.165) is 60.8 Å². The molecule has 0 aliphatic carbocycles. The lowest BCUT2D eigenvalue weighted by atomic mass is 9.80. The molecule has 0 atom stereocenters. The number of aromatic hydroxyl groups is 1. The Morgan fingerprint density at radius 2 is 1.02 bits per heavy atom. The van der Waals surface area contributed by atoms with Crippen LogP contribution in [0.2, 0.25) is 0 Å². The van der Waals surface area contributed by atoms with Crippen LogP contribution in [0.5, 0.6) is 17.2 Å². The van der Waals surface area contributed by atoms with E-state index in [1.807, 2.05) is 148 Å². The van der Waals surface area contributed by atoms with E-state index in [1.54, 1.807) is 91.4 Å². The van der Waals surface area contributed by atoms with Gasteiger partial charge in [0.1, 0.15) is 17.2 Å². The van der Waals surface area contributed by atoms with E-state index in [4.69, 9.17) is 18.8 Å². The van der Waals surface area contributed by atoms with Crippen LogP contribution in [0.1, 0.15) is 27.7 Å². The fraction of sp³-hybridized carbons (Fsp3) is 0.160. The lowest BCUT2D eigenvalue weighted by Gasteiger charge is -2.32. The Kier molecular flexibility index (Phi) is 15.2. The van der Waals surface area contributed by atoms with Crippen LogP contribution >= 0.6 is 15.9 Å². The fourth-order valence-corrected chi connectivity index (χ4v) is 6.67. The van der Waals surface area contributed by atoms with Gasteiger partial charge in [0.25, 0.3) is 0 Å². The molecule has 1 N–H and O–H groups in total. The van der Waals surface area contributed by atoms with Gasteiger partial charge in [-0.25, -0.2) is 14.0 Å². The molecule has 1 aliphatic rings. The summed E-state index contributed by atoms with van der Waals surface area (Å²) in [6.45, 7) is 8.20. The van der Waals surface area contributed by atoms with E-state index in [1.165, 1.54) is 0 Å². The van der Waals surface area contributed by atoms with Gasteiger partial charge in [-0.15, -0.1) is 0 Å². The van der Waals surface area contributed by atoms with E-state index in [9.17, 15) is 5.11 Å². The molecule has 1 fully saturated rings. The molecule has 0 unspecified atom stereocenters. The Labute approximate surface area is 392 Å². The molecule has 7 heterocycles. The Hall–Kier alpha value is -7.40. The zero-order valence-electron chi connectivity index (χ0n) is 37.4. The maximum Gasteiger partial charge on any atom is 0.494 e. The van der Waals surface area contributed by atoms with Crippen LogP contribution < -0.4 is 14.9 Å². The van der Waals surface area contributed by atoms with E-state index >= 15 is 0 Å². The summed E-state index contributed by atoms with van der Waals surface area (Å²) in [7, 11) is 3.03. The van der Waals surface area contributed by atoms with Crippen molar-refractivity contribution in [2.45, 2.75) is 38.9 Å². The van der Waals surface area contributed by atoms with Crippen molar-refractivity contribution in [2.75, 3.05) is 14.2 Å². The minimum Gasteiger partial charge on any atom is -0.508 e. The highest BCUT2D eigenvalue weighted by Crippen LogP contribution is 2.36. The molecule has 1 saturated heterocycles. The summed E-state index contributed by atoms with van der Waals surface area (Å²) in [6.07, 6.45) is 21.8. The van der Waals surface area contributed by atoms with Gasteiger partial charge in [-0.3, -0.25) is 15.0 Å². The summed E-state index contributed by atoms with van der Waals surface area (Å²) in [5.41, 5.74) is 7.41. The fourth-order valence-electron chi connectivity index (χ4n) is 6.39. The smallest absolute Gasteiger partial charge is 0.494 e. The van der Waals surface area contributed by atoms with Crippen molar-refractivity contribution < 1.29 is 23.9 Å². The lowest BCUT2D eigenvalue weighted by molar-refractivity contribution is 0.00578. The molecule has 6 aromatic heterocycles. The Morgan fingerprint density at radius 1 is 0.515 bits per heavy atom. The Bertz CT molecular complexity index is 2900. The number of benzene rings is 3. The second kappa shape index (κ2) is 21.5. The van der Waals surface area contributed by atoms with Crippen LogP contribution in [0.15, 0.2) is 188 Å². The van der Waals surface area contributed by atoms with Gasteiger partial charge in [-0.2, -0.15) is 15.3 Å². The summed E-state index contributed by atoms with van der Waals surface area (Å²) < 4.78 is 28.4. The molecule has 9 aromatic rings. The highest BCUT2D eigenvalue weighted by Gasteiger charge is 2.51. The number of halogens is 1. The summed E-state index contributed by atoms with van der Waals surface area (Å²) in [5, 5.41) is 22.3. The third kappa shape index (κ3) is 12.0. The van der Waals surface area contributed by atoms with Crippen molar-refractivity contribution in [2.24, 2.45) is 0 Å². The molecule has 334 valence electrons. The van der Waals surface area contributed by atoms with E-state index in [-0.39, 0.29) is 24.1 Å². The number of ether oxygens (including phenoxy) is 2. The molecule has 66 heavy (non-hydrogen) atoms. The Balaban J connectivity index is 0.000000132. The van der Waals surface area contributed by atoms with E-state index in [0.29, 0.717) is 0 Å². The largest absolute Gasteiger partial charge is 0.508 e. The van der Waals surface area contributed by atoms with E-state index < -0.39 is 0 Å². The van der Waals surface area contributed by atoms with Gasteiger partial charge in [0.2, 0.25) is 0 Å². The molecule has 3 aromatic carbocycles. The average Bonchev–Trinajstić information content (AvgIpc) is 4.18. The predicted octanol–water partition coefficient (Wildman–Crippen LogP) is 9.61. The van der Waals surface area contributed by atoms with Gasteiger partial charge in [-0.1, -0.05) is 24.3 Å². The topological polar surface area (TPSA) is 149 Å². The van der Waals surface area contributed by atoms with Crippen LogP contribution in [-0.2, 0) is 9.31 Å². The number of hydrogen-bond donors (Lipinski definition) is 1. The van der Waals surface area contributed by atoms with Crippen molar-refractivity contribution in [3.63, 3.8) is 0 Å². The van der Waals surface area contributed by atoms with Crippen molar-refractivity contribution >= 4 is 28.5 Å². The first-order chi connectivity index (χ1) is 31.9. The number of aromatic nitrogens is 9. The van der Waals surface area contributed by atoms with Gasteiger partial charge >= 0.3 is 7.12 Å². The summed E-state index contributed by atoms with van der Waals surface area (Å²) in [5.74, 6) is 1.87. The van der Waals surface area contributed by atoms with Crippen LogP contribution in [0.25, 0.3) is 39.3 Å². The van der Waals surface area contributed by atoms with E-state index in [2.05, 4.69) is 46.2 Å². The first-order valence-corrected chi connectivity index (χ1v) is 21.6. The molecule has 0 saturated carbocycles. The minimum absolute atomic E-state index is 0.228. The van der Waals surface area contributed by atoms with Gasteiger partial charge in [0.15, 0.2) is 0 Å². The highest BCUT2D eigenvalue weighted by molar-refractivity contribution is 9.10. The highest BCUT2D eigenvalue weighted by atomic mass is 79.9. The SMILES string of the molecule is CC1(C)OB(c2ccncc2)OC1(C)C.COc1cccc(-n2cc(-c3ccncc3)cn2)c1.COc1cccc(-n2cc(Br)cn2)c1.Oc1cccc(-n2cc(-c3cccnc3)cn2)c1. The number of nitrogens with zero attached hydrogens (tertiary/aromatic N) is 9. The number of pyridine rings is 3. The normalized spacial score (nSPS) is 13.2. The first kappa shape index (κ1) is 46.6. The number of phenolic OH excluding ortho intramolecular Hbond substituents is 1. The summed E-state index contributed by atoms with van der Waals surface area (Å²) in [4.78, 5) is 12.1. The maximum atomic E-state index is 9.45. The molecular formula is C50H49BBrN9O5. The third-order valence-electron chi connectivity index (χ3n) is 10.7.